The molecule has 3 nitrogen and oxygen atoms in total. The van der Waals surface area contributed by atoms with Gasteiger partial charge in [-0.15, -0.1) is 0 Å². The summed E-state index contributed by atoms with van der Waals surface area (Å²) in [5.41, 5.74) is 2.32. The average Bonchev–Trinajstić information content (AvgIpc) is 2.45. The van der Waals surface area contributed by atoms with E-state index in [9.17, 15) is 0 Å². The lowest BCUT2D eigenvalue weighted by molar-refractivity contribution is 0.585. The minimum absolute atomic E-state index is 0.467. The van der Waals surface area contributed by atoms with E-state index >= 15 is 0 Å². The Labute approximate surface area is 129 Å². The minimum Gasteiger partial charge on any atom is -0.310 e. The van der Waals surface area contributed by atoms with Gasteiger partial charge < -0.3 is 5.32 Å². The first-order chi connectivity index (χ1) is 9.63. The number of thioether (sulfide) groups is 1. The van der Waals surface area contributed by atoms with Crippen molar-refractivity contribution in [3.63, 3.8) is 0 Å². The van der Waals surface area contributed by atoms with Crippen LogP contribution in [0.2, 0.25) is 5.02 Å². The fourth-order valence-electron chi connectivity index (χ4n) is 1.56. The van der Waals surface area contributed by atoms with E-state index in [-0.39, 0.29) is 0 Å². The zero-order valence-electron chi connectivity index (χ0n) is 11.6. The highest BCUT2D eigenvalue weighted by atomic mass is 35.5. The number of rotatable bonds is 6. The Balaban J connectivity index is 1.85. The second-order valence-corrected chi connectivity index (χ2v) is 6.20. The molecule has 1 N–H and O–H groups in total. The summed E-state index contributed by atoms with van der Waals surface area (Å²) in [4.78, 5) is 8.75. The van der Waals surface area contributed by atoms with Gasteiger partial charge in [-0.1, -0.05) is 49.3 Å². The summed E-state index contributed by atoms with van der Waals surface area (Å²) >= 11 is 7.49. The van der Waals surface area contributed by atoms with Gasteiger partial charge in [0.05, 0.1) is 0 Å². The molecule has 20 heavy (non-hydrogen) atoms. The summed E-state index contributed by atoms with van der Waals surface area (Å²) in [6, 6.07) is 8.32. The maximum Gasteiger partial charge on any atom is 0.187 e. The van der Waals surface area contributed by atoms with E-state index < -0.39 is 0 Å². The standard InChI is InChI=1S/C15H18ClN3S/c1-11(2)17-7-13-8-18-15(19-9-13)20-10-12-3-5-14(16)6-4-12/h3-6,8-9,11,17H,7,10H2,1-2H3. The van der Waals surface area contributed by atoms with E-state index in [0.29, 0.717) is 6.04 Å². The molecular weight excluding hydrogens is 290 g/mol. The smallest absolute Gasteiger partial charge is 0.187 e. The molecule has 0 saturated heterocycles. The Kier molecular flexibility index (Phi) is 5.83. The number of nitrogens with one attached hydrogen (secondary N) is 1. The van der Waals surface area contributed by atoms with Crippen molar-refractivity contribution in [2.24, 2.45) is 0 Å². The molecule has 0 spiro atoms. The maximum absolute atomic E-state index is 5.86. The molecule has 2 aromatic rings. The summed E-state index contributed by atoms with van der Waals surface area (Å²) in [5.74, 6) is 0.848. The van der Waals surface area contributed by atoms with Crippen molar-refractivity contribution in [3.8, 4) is 0 Å². The Bertz CT molecular complexity index is 526. The van der Waals surface area contributed by atoms with E-state index in [4.69, 9.17) is 11.6 Å². The first-order valence-corrected chi connectivity index (χ1v) is 7.91. The van der Waals surface area contributed by atoms with Gasteiger partial charge in [-0.2, -0.15) is 0 Å². The molecule has 1 aromatic heterocycles. The summed E-state index contributed by atoms with van der Waals surface area (Å²) in [5, 5.41) is 4.91. The summed E-state index contributed by atoms with van der Waals surface area (Å²) in [6.45, 7) is 5.05. The Morgan fingerprint density at radius 3 is 2.35 bits per heavy atom. The second kappa shape index (κ2) is 7.62. The van der Waals surface area contributed by atoms with Gasteiger partial charge in [0.2, 0.25) is 0 Å². The normalized spacial score (nSPS) is 11.0. The van der Waals surface area contributed by atoms with Crippen LogP contribution in [0.3, 0.4) is 0 Å². The number of aromatic nitrogens is 2. The lowest BCUT2D eigenvalue weighted by Crippen LogP contribution is -2.21. The van der Waals surface area contributed by atoms with Gasteiger partial charge in [-0.25, -0.2) is 9.97 Å². The molecule has 0 saturated carbocycles. The molecule has 106 valence electrons. The Morgan fingerprint density at radius 2 is 1.75 bits per heavy atom. The fraction of sp³-hybridized carbons (Fsp3) is 0.333. The van der Waals surface area contributed by atoms with Gasteiger partial charge in [0.1, 0.15) is 0 Å². The van der Waals surface area contributed by atoms with Crippen LogP contribution in [-0.4, -0.2) is 16.0 Å². The number of hydrogen-bond acceptors (Lipinski definition) is 4. The Morgan fingerprint density at radius 1 is 1.10 bits per heavy atom. The molecule has 0 aliphatic rings. The first-order valence-electron chi connectivity index (χ1n) is 6.55. The zero-order valence-corrected chi connectivity index (χ0v) is 13.2. The highest BCUT2D eigenvalue weighted by molar-refractivity contribution is 7.98. The zero-order chi connectivity index (χ0) is 14.4. The fourth-order valence-corrected chi connectivity index (χ4v) is 2.43. The van der Waals surface area contributed by atoms with Crippen molar-refractivity contribution in [2.45, 2.75) is 37.3 Å². The molecule has 0 unspecified atom stereocenters. The predicted octanol–water partition coefficient (Wildman–Crippen LogP) is 3.92. The molecule has 2 rings (SSSR count). The molecule has 0 amide bonds. The first kappa shape index (κ1) is 15.3. The van der Waals surface area contributed by atoms with Gasteiger partial charge >= 0.3 is 0 Å². The van der Waals surface area contributed by atoms with Crippen molar-refractivity contribution < 1.29 is 0 Å². The number of hydrogen-bond donors (Lipinski definition) is 1. The number of halogens is 1. The van der Waals surface area contributed by atoms with Crippen molar-refractivity contribution in [1.29, 1.82) is 0 Å². The quantitative estimate of drug-likeness (QED) is 0.648. The van der Waals surface area contributed by atoms with E-state index in [2.05, 4.69) is 29.1 Å². The van der Waals surface area contributed by atoms with Crippen LogP contribution in [0, 0.1) is 0 Å². The van der Waals surface area contributed by atoms with Crippen LogP contribution in [0.4, 0.5) is 0 Å². The van der Waals surface area contributed by atoms with Crippen LogP contribution >= 0.6 is 23.4 Å². The summed E-state index contributed by atoms with van der Waals surface area (Å²) in [7, 11) is 0. The third kappa shape index (κ3) is 5.12. The molecule has 0 aliphatic heterocycles. The summed E-state index contributed by atoms with van der Waals surface area (Å²) in [6.07, 6.45) is 3.76. The van der Waals surface area contributed by atoms with Crippen LogP contribution in [0.25, 0.3) is 0 Å². The van der Waals surface area contributed by atoms with E-state index in [1.807, 2.05) is 36.7 Å². The van der Waals surface area contributed by atoms with Gasteiger partial charge in [0, 0.05) is 41.3 Å². The van der Waals surface area contributed by atoms with Gasteiger partial charge in [0.25, 0.3) is 0 Å². The number of benzene rings is 1. The number of nitrogens with zero attached hydrogens (tertiary/aromatic N) is 2. The molecule has 0 radical (unpaired) electrons. The molecule has 0 aliphatic carbocycles. The topological polar surface area (TPSA) is 37.8 Å². The van der Waals surface area contributed by atoms with Crippen LogP contribution in [0.5, 0.6) is 0 Å². The van der Waals surface area contributed by atoms with Crippen LogP contribution < -0.4 is 5.32 Å². The second-order valence-electron chi connectivity index (χ2n) is 4.82. The largest absolute Gasteiger partial charge is 0.310 e. The Hall–Kier alpha value is -1.10. The molecule has 0 atom stereocenters. The molecule has 1 heterocycles. The highest BCUT2D eigenvalue weighted by Crippen LogP contribution is 2.20. The SMILES string of the molecule is CC(C)NCc1cnc(SCc2ccc(Cl)cc2)nc1. The van der Waals surface area contributed by atoms with E-state index in [1.165, 1.54) is 5.56 Å². The van der Waals surface area contributed by atoms with Crippen molar-refractivity contribution >= 4 is 23.4 Å². The van der Waals surface area contributed by atoms with E-state index in [0.717, 1.165) is 28.0 Å². The average molecular weight is 308 g/mol. The minimum atomic E-state index is 0.467. The molecule has 0 fully saturated rings. The lowest BCUT2D eigenvalue weighted by Gasteiger charge is -2.07. The van der Waals surface area contributed by atoms with Crippen LogP contribution in [-0.2, 0) is 12.3 Å². The molecule has 5 heteroatoms. The summed E-state index contributed by atoms with van der Waals surface area (Å²) < 4.78 is 0. The van der Waals surface area contributed by atoms with Crippen molar-refractivity contribution in [3.05, 3.63) is 52.8 Å². The molecule has 1 aromatic carbocycles. The molecule has 0 bridgehead atoms. The van der Waals surface area contributed by atoms with Crippen molar-refractivity contribution in [1.82, 2.24) is 15.3 Å². The van der Waals surface area contributed by atoms with Gasteiger partial charge in [0.15, 0.2) is 5.16 Å². The highest BCUT2D eigenvalue weighted by Gasteiger charge is 2.01. The predicted molar refractivity (Wildman–Crippen MR) is 85.0 cm³/mol. The van der Waals surface area contributed by atoms with E-state index in [1.54, 1.807) is 11.8 Å². The third-order valence-corrected chi connectivity index (χ3v) is 3.88. The maximum atomic E-state index is 5.86. The monoisotopic (exact) mass is 307 g/mol. The van der Waals surface area contributed by atoms with Crippen LogP contribution in [0.15, 0.2) is 41.8 Å². The van der Waals surface area contributed by atoms with Crippen LogP contribution in [0.1, 0.15) is 25.0 Å². The van der Waals surface area contributed by atoms with Gasteiger partial charge in [-0.3, -0.25) is 0 Å². The lowest BCUT2D eigenvalue weighted by atomic mass is 10.2. The molecular formula is C15H18ClN3S. The third-order valence-electron chi connectivity index (χ3n) is 2.68. The van der Waals surface area contributed by atoms with Crippen molar-refractivity contribution in [2.75, 3.05) is 0 Å². The van der Waals surface area contributed by atoms with Gasteiger partial charge in [-0.05, 0) is 17.7 Å².